The topological polar surface area (TPSA) is 85.8 Å². The molecule has 3 rings (SSSR count). The Hall–Kier alpha value is -3.36. The highest BCUT2D eigenvalue weighted by atomic mass is 19.4. The lowest BCUT2D eigenvalue weighted by Gasteiger charge is -2.12. The number of hydrogen-bond donors (Lipinski definition) is 2. The number of rotatable bonds is 3. The minimum atomic E-state index is -4.60. The third kappa shape index (κ3) is 3.37. The number of nitrogens with one attached hydrogen (secondary N) is 1. The number of alkyl halides is 3. The molecule has 0 fully saturated rings. The Morgan fingerprint density at radius 2 is 1.77 bits per heavy atom. The van der Waals surface area contributed by atoms with Gasteiger partial charge in [-0.2, -0.15) is 17.9 Å². The summed E-state index contributed by atoms with van der Waals surface area (Å²) in [6, 6.07) is 11.8. The minimum absolute atomic E-state index is 0.0733. The van der Waals surface area contributed by atoms with E-state index < -0.39 is 17.6 Å². The number of nitrogens with two attached hydrogens (primary N) is 1. The summed E-state index contributed by atoms with van der Waals surface area (Å²) < 4.78 is 40.3. The van der Waals surface area contributed by atoms with Crippen molar-refractivity contribution in [1.29, 1.82) is 0 Å². The van der Waals surface area contributed by atoms with E-state index in [0.29, 0.717) is 5.69 Å². The molecule has 134 valence electrons. The first-order valence-corrected chi connectivity index (χ1v) is 7.53. The molecule has 1 heterocycles. The van der Waals surface area contributed by atoms with Crippen molar-refractivity contribution in [1.82, 2.24) is 15.0 Å². The summed E-state index contributed by atoms with van der Waals surface area (Å²) >= 11 is 0. The van der Waals surface area contributed by atoms with E-state index in [1.165, 1.54) is 16.8 Å². The van der Waals surface area contributed by atoms with Gasteiger partial charge in [0.2, 0.25) is 0 Å². The Balaban J connectivity index is 1.90. The van der Waals surface area contributed by atoms with Gasteiger partial charge in [0.25, 0.3) is 5.91 Å². The third-order valence-corrected chi connectivity index (χ3v) is 3.68. The molecule has 1 amide bonds. The van der Waals surface area contributed by atoms with E-state index in [2.05, 4.69) is 15.6 Å². The summed E-state index contributed by atoms with van der Waals surface area (Å²) in [6.07, 6.45) is -4.60. The normalized spacial score (nSPS) is 11.4. The van der Waals surface area contributed by atoms with Crippen molar-refractivity contribution in [3.63, 3.8) is 0 Å². The highest BCUT2D eigenvalue weighted by Crippen LogP contribution is 2.34. The number of amides is 1. The van der Waals surface area contributed by atoms with Crippen molar-refractivity contribution < 1.29 is 18.0 Å². The number of hydrogen-bond acceptors (Lipinski definition) is 4. The van der Waals surface area contributed by atoms with Gasteiger partial charge in [0.15, 0.2) is 11.5 Å². The second kappa shape index (κ2) is 6.51. The smallest absolute Gasteiger partial charge is 0.382 e. The number of anilines is 2. The van der Waals surface area contributed by atoms with Gasteiger partial charge >= 0.3 is 6.18 Å². The van der Waals surface area contributed by atoms with Crippen LogP contribution in [0.2, 0.25) is 0 Å². The SMILES string of the molecule is Cc1ccc(-n2nnc(C(=O)Nc3ccccc3C(F)(F)F)c2N)cc1. The Morgan fingerprint density at radius 3 is 2.42 bits per heavy atom. The predicted octanol–water partition coefficient (Wildman–Crippen LogP) is 3.43. The summed E-state index contributed by atoms with van der Waals surface area (Å²) in [5.41, 5.74) is 5.91. The number of para-hydroxylation sites is 1. The van der Waals surface area contributed by atoms with Crippen LogP contribution in [0.4, 0.5) is 24.7 Å². The highest BCUT2D eigenvalue weighted by molar-refractivity contribution is 6.06. The molecule has 1 aromatic heterocycles. The molecule has 9 heteroatoms. The average molecular weight is 361 g/mol. The van der Waals surface area contributed by atoms with Gasteiger partial charge in [0.1, 0.15) is 0 Å². The molecule has 0 aliphatic rings. The van der Waals surface area contributed by atoms with Crippen LogP contribution in [0.5, 0.6) is 0 Å². The first-order valence-electron chi connectivity index (χ1n) is 7.53. The van der Waals surface area contributed by atoms with Gasteiger partial charge in [-0.15, -0.1) is 5.10 Å². The molecule has 6 nitrogen and oxygen atoms in total. The van der Waals surface area contributed by atoms with Crippen LogP contribution < -0.4 is 11.1 Å². The van der Waals surface area contributed by atoms with Crippen molar-refractivity contribution in [2.75, 3.05) is 11.1 Å². The Bertz CT molecular complexity index is 948. The van der Waals surface area contributed by atoms with Gasteiger partial charge in [0.05, 0.1) is 16.9 Å². The fourth-order valence-corrected chi connectivity index (χ4v) is 2.35. The molecule has 0 aliphatic carbocycles. The fourth-order valence-electron chi connectivity index (χ4n) is 2.35. The van der Waals surface area contributed by atoms with Crippen LogP contribution in [0.15, 0.2) is 48.5 Å². The second-order valence-corrected chi connectivity index (χ2v) is 5.57. The molecule has 0 radical (unpaired) electrons. The van der Waals surface area contributed by atoms with Gasteiger partial charge in [-0.05, 0) is 31.2 Å². The lowest BCUT2D eigenvalue weighted by molar-refractivity contribution is -0.136. The molecule has 0 saturated heterocycles. The number of aromatic nitrogens is 3. The van der Waals surface area contributed by atoms with E-state index >= 15 is 0 Å². The Labute approximate surface area is 146 Å². The largest absolute Gasteiger partial charge is 0.418 e. The molecular weight excluding hydrogens is 347 g/mol. The third-order valence-electron chi connectivity index (χ3n) is 3.68. The monoisotopic (exact) mass is 361 g/mol. The van der Waals surface area contributed by atoms with Gasteiger partial charge in [-0.1, -0.05) is 35.0 Å². The quantitative estimate of drug-likeness (QED) is 0.748. The maximum Gasteiger partial charge on any atom is 0.418 e. The van der Waals surface area contributed by atoms with E-state index in [-0.39, 0.29) is 17.2 Å². The van der Waals surface area contributed by atoms with E-state index in [1.54, 1.807) is 12.1 Å². The van der Waals surface area contributed by atoms with Crippen molar-refractivity contribution in [2.24, 2.45) is 0 Å². The summed E-state index contributed by atoms with van der Waals surface area (Å²) in [6.45, 7) is 1.91. The van der Waals surface area contributed by atoms with Crippen molar-refractivity contribution >= 4 is 17.4 Å². The van der Waals surface area contributed by atoms with E-state index in [9.17, 15) is 18.0 Å². The maximum absolute atomic E-state index is 13.0. The lowest BCUT2D eigenvalue weighted by atomic mass is 10.1. The summed E-state index contributed by atoms with van der Waals surface area (Å²) in [5.74, 6) is -0.951. The van der Waals surface area contributed by atoms with Crippen LogP contribution in [0.1, 0.15) is 21.6 Å². The van der Waals surface area contributed by atoms with Crippen LogP contribution in [0.3, 0.4) is 0 Å². The molecule has 0 spiro atoms. The molecule has 3 N–H and O–H groups in total. The van der Waals surface area contributed by atoms with Crippen molar-refractivity contribution in [3.8, 4) is 5.69 Å². The first kappa shape index (κ1) is 17.5. The number of nitrogen functional groups attached to an aromatic ring is 1. The fraction of sp³-hybridized carbons (Fsp3) is 0.118. The first-order chi connectivity index (χ1) is 12.3. The number of carbonyl (C=O) groups is 1. The molecule has 0 atom stereocenters. The van der Waals surface area contributed by atoms with Crippen LogP contribution in [0, 0.1) is 6.92 Å². The van der Waals surface area contributed by atoms with Crippen LogP contribution >= 0.6 is 0 Å². The number of carbonyl (C=O) groups excluding carboxylic acids is 1. The van der Waals surface area contributed by atoms with E-state index in [1.807, 2.05) is 19.1 Å². The van der Waals surface area contributed by atoms with Crippen molar-refractivity contribution in [3.05, 3.63) is 65.4 Å². The molecule has 0 aliphatic heterocycles. The standard InChI is InChI=1S/C17H14F3N5O/c1-10-6-8-11(9-7-10)25-15(21)14(23-24-25)16(26)22-13-5-3-2-4-12(13)17(18,19)20/h2-9H,21H2,1H3,(H,22,26). The van der Waals surface area contributed by atoms with Crippen LogP contribution in [-0.2, 0) is 6.18 Å². The van der Waals surface area contributed by atoms with Gasteiger partial charge < -0.3 is 11.1 Å². The average Bonchev–Trinajstić information content (AvgIpc) is 2.97. The van der Waals surface area contributed by atoms with Crippen LogP contribution in [-0.4, -0.2) is 20.9 Å². The van der Waals surface area contributed by atoms with Gasteiger partial charge in [0, 0.05) is 0 Å². The van der Waals surface area contributed by atoms with E-state index in [0.717, 1.165) is 17.7 Å². The molecule has 3 aromatic rings. The highest BCUT2D eigenvalue weighted by Gasteiger charge is 2.34. The Morgan fingerprint density at radius 1 is 1.12 bits per heavy atom. The Kier molecular flexibility index (Phi) is 4.37. The molecule has 26 heavy (non-hydrogen) atoms. The zero-order valence-corrected chi connectivity index (χ0v) is 13.6. The van der Waals surface area contributed by atoms with Gasteiger partial charge in [-0.3, -0.25) is 4.79 Å². The number of halogens is 3. The summed E-state index contributed by atoms with van der Waals surface area (Å²) in [5, 5.41) is 9.70. The zero-order chi connectivity index (χ0) is 18.9. The molecule has 0 saturated carbocycles. The predicted molar refractivity (Wildman–Crippen MR) is 89.9 cm³/mol. The molecule has 0 bridgehead atoms. The molecule has 2 aromatic carbocycles. The minimum Gasteiger partial charge on any atom is -0.382 e. The summed E-state index contributed by atoms with van der Waals surface area (Å²) in [7, 11) is 0. The summed E-state index contributed by atoms with van der Waals surface area (Å²) in [4.78, 5) is 12.3. The number of nitrogens with zero attached hydrogens (tertiary/aromatic N) is 3. The molecule has 0 unspecified atom stereocenters. The van der Waals surface area contributed by atoms with E-state index in [4.69, 9.17) is 5.73 Å². The number of benzene rings is 2. The second-order valence-electron chi connectivity index (χ2n) is 5.57. The number of aryl methyl sites for hydroxylation is 1. The molecular formula is C17H14F3N5O. The zero-order valence-electron chi connectivity index (χ0n) is 13.6. The van der Waals surface area contributed by atoms with Crippen molar-refractivity contribution in [2.45, 2.75) is 13.1 Å². The van der Waals surface area contributed by atoms with Gasteiger partial charge in [-0.25, -0.2) is 0 Å². The lowest BCUT2D eigenvalue weighted by Crippen LogP contribution is -2.18. The van der Waals surface area contributed by atoms with Crippen LogP contribution in [0.25, 0.3) is 5.69 Å². The maximum atomic E-state index is 13.0.